The molecule has 92 valence electrons. The van der Waals surface area contributed by atoms with E-state index in [0.717, 1.165) is 12.0 Å². The summed E-state index contributed by atoms with van der Waals surface area (Å²) >= 11 is 0. The van der Waals surface area contributed by atoms with E-state index in [1.807, 2.05) is 0 Å². The zero-order valence-electron chi connectivity index (χ0n) is 10.4. The average Bonchev–Trinajstić information content (AvgIpc) is 2.38. The highest BCUT2D eigenvalue weighted by atomic mass is 16.2. The van der Waals surface area contributed by atoms with Crippen molar-refractivity contribution in [1.29, 1.82) is 0 Å². The molecule has 0 aliphatic carbocycles. The minimum atomic E-state index is -0.0514. The summed E-state index contributed by atoms with van der Waals surface area (Å²) in [6, 6.07) is 8.29. The molecular formula is C14H20N2O. The van der Waals surface area contributed by atoms with Gasteiger partial charge < -0.3 is 10.6 Å². The van der Waals surface area contributed by atoms with Crippen LogP contribution in [-0.2, 0) is 17.8 Å². The van der Waals surface area contributed by atoms with Crippen LogP contribution in [0.2, 0.25) is 0 Å². The van der Waals surface area contributed by atoms with Crippen molar-refractivity contribution >= 4 is 5.91 Å². The molecule has 1 amide bonds. The Labute approximate surface area is 103 Å². The number of nitrogens with zero attached hydrogens (tertiary/aromatic N) is 1. The van der Waals surface area contributed by atoms with Gasteiger partial charge in [-0.2, -0.15) is 0 Å². The van der Waals surface area contributed by atoms with Crippen molar-refractivity contribution in [3.63, 3.8) is 0 Å². The third kappa shape index (κ3) is 4.04. The fourth-order valence-corrected chi connectivity index (χ4v) is 1.64. The predicted octanol–water partition coefficient (Wildman–Crippen LogP) is 1.72. The van der Waals surface area contributed by atoms with Crippen molar-refractivity contribution in [3.05, 3.63) is 48.0 Å². The maximum atomic E-state index is 11.6. The largest absolute Gasteiger partial charge is 0.334 e. The molecule has 3 nitrogen and oxygen atoms in total. The standard InChI is InChI=1S/C14H20N2O/c1-3-9-16(14(17)10-15)11-13-7-5-12(4-2)6-8-13/h3,5-8H,1,4,9-11,15H2,2H3. The van der Waals surface area contributed by atoms with E-state index in [4.69, 9.17) is 5.73 Å². The zero-order chi connectivity index (χ0) is 12.7. The van der Waals surface area contributed by atoms with Crippen LogP contribution in [0, 0.1) is 0 Å². The number of aryl methyl sites for hydroxylation is 1. The number of carbonyl (C=O) groups excluding carboxylic acids is 1. The van der Waals surface area contributed by atoms with Crippen LogP contribution in [0.4, 0.5) is 0 Å². The minimum absolute atomic E-state index is 0.0425. The van der Waals surface area contributed by atoms with Gasteiger partial charge >= 0.3 is 0 Å². The van der Waals surface area contributed by atoms with Crippen molar-refractivity contribution in [2.24, 2.45) is 5.73 Å². The van der Waals surface area contributed by atoms with E-state index >= 15 is 0 Å². The fraction of sp³-hybridized carbons (Fsp3) is 0.357. The molecule has 0 saturated heterocycles. The summed E-state index contributed by atoms with van der Waals surface area (Å²) in [5, 5.41) is 0. The van der Waals surface area contributed by atoms with E-state index in [0.29, 0.717) is 13.1 Å². The molecule has 17 heavy (non-hydrogen) atoms. The quantitative estimate of drug-likeness (QED) is 0.759. The van der Waals surface area contributed by atoms with Crippen LogP contribution in [0.5, 0.6) is 0 Å². The molecule has 3 heteroatoms. The zero-order valence-corrected chi connectivity index (χ0v) is 10.4. The molecule has 0 aliphatic rings. The maximum Gasteiger partial charge on any atom is 0.236 e. The molecule has 0 spiro atoms. The lowest BCUT2D eigenvalue weighted by Crippen LogP contribution is -2.35. The van der Waals surface area contributed by atoms with Crippen LogP contribution in [0.15, 0.2) is 36.9 Å². The molecule has 0 bridgehead atoms. The Morgan fingerprint density at radius 3 is 2.41 bits per heavy atom. The molecule has 0 radical (unpaired) electrons. The molecule has 2 N–H and O–H groups in total. The summed E-state index contributed by atoms with van der Waals surface area (Å²) < 4.78 is 0. The average molecular weight is 232 g/mol. The first-order valence-electron chi connectivity index (χ1n) is 5.87. The highest BCUT2D eigenvalue weighted by molar-refractivity contribution is 5.78. The first-order chi connectivity index (χ1) is 8.21. The number of nitrogens with two attached hydrogens (primary N) is 1. The molecule has 0 unspecified atom stereocenters. The number of hydrogen-bond acceptors (Lipinski definition) is 2. The summed E-state index contributed by atoms with van der Waals surface area (Å²) in [5.41, 5.74) is 7.79. The van der Waals surface area contributed by atoms with Crippen LogP contribution in [0.25, 0.3) is 0 Å². The summed E-state index contributed by atoms with van der Waals surface area (Å²) in [5.74, 6) is -0.0514. The second-order valence-electron chi connectivity index (χ2n) is 3.94. The van der Waals surface area contributed by atoms with Crippen molar-refractivity contribution in [1.82, 2.24) is 4.90 Å². The third-order valence-electron chi connectivity index (χ3n) is 2.68. The minimum Gasteiger partial charge on any atom is -0.334 e. The van der Waals surface area contributed by atoms with E-state index in [1.54, 1.807) is 11.0 Å². The first-order valence-corrected chi connectivity index (χ1v) is 5.87. The number of benzene rings is 1. The van der Waals surface area contributed by atoms with Crippen LogP contribution in [0.1, 0.15) is 18.1 Å². The third-order valence-corrected chi connectivity index (χ3v) is 2.68. The van der Waals surface area contributed by atoms with Gasteiger partial charge in [0.2, 0.25) is 5.91 Å². The van der Waals surface area contributed by atoms with Crippen LogP contribution in [-0.4, -0.2) is 23.9 Å². The Kier molecular flexibility index (Phi) is 5.43. The number of carbonyl (C=O) groups is 1. The monoisotopic (exact) mass is 232 g/mol. The van der Waals surface area contributed by atoms with Crippen LogP contribution in [0.3, 0.4) is 0 Å². The summed E-state index contributed by atoms with van der Waals surface area (Å²) in [4.78, 5) is 13.3. The normalized spacial score (nSPS) is 10.0. The lowest BCUT2D eigenvalue weighted by molar-refractivity contribution is -0.129. The van der Waals surface area contributed by atoms with Gasteiger partial charge in [-0.05, 0) is 17.5 Å². The highest BCUT2D eigenvalue weighted by Gasteiger charge is 2.10. The first kappa shape index (κ1) is 13.5. The molecule has 0 saturated carbocycles. The van der Waals surface area contributed by atoms with Crippen LogP contribution < -0.4 is 5.73 Å². The van der Waals surface area contributed by atoms with Gasteiger partial charge in [-0.1, -0.05) is 37.3 Å². The van der Waals surface area contributed by atoms with Crippen molar-refractivity contribution < 1.29 is 4.79 Å². The van der Waals surface area contributed by atoms with Gasteiger partial charge in [0, 0.05) is 13.1 Å². The van der Waals surface area contributed by atoms with Gasteiger partial charge in [0.1, 0.15) is 0 Å². The Balaban J connectivity index is 2.71. The summed E-state index contributed by atoms with van der Waals surface area (Å²) in [7, 11) is 0. The van der Waals surface area contributed by atoms with Gasteiger partial charge in [-0.3, -0.25) is 4.79 Å². The Morgan fingerprint density at radius 2 is 1.94 bits per heavy atom. The summed E-state index contributed by atoms with van der Waals surface area (Å²) in [6.45, 7) is 6.94. The van der Waals surface area contributed by atoms with Crippen LogP contribution >= 0.6 is 0 Å². The highest BCUT2D eigenvalue weighted by Crippen LogP contribution is 2.08. The second-order valence-corrected chi connectivity index (χ2v) is 3.94. The van der Waals surface area contributed by atoms with E-state index in [-0.39, 0.29) is 12.5 Å². The lowest BCUT2D eigenvalue weighted by atomic mass is 10.1. The number of rotatable bonds is 6. The van der Waals surface area contributed by atoms with E-state index < -0.39 is 0 Å². The van der Waals surface area contributed by atoms with Gasteiger partial charge in [0.05, 0.1) is 6.54 Å². The maximum absolute atomic E-state index is 11.6. The van der Waals surface area contributed by atoms with Crippen molar-refractivity contribution in [2.75, 3.05) is 13.1 Å². The molecule has 0 aliphatic heterocycles. The summed E-state index contributed by atoms with van der Waals surface area (Å²) in [6.07, 6.45) is 2.74. The molecule has 0 aromatic heterocycles. The van der Waals surface area contributed by atoms with E-state index in [1.165, 1.54) is 5.56 Å². The molecule has 0 fully saturated rings. The van der Waals surface area contributed by atoms with Gasteiger partial charge in [-0.25, -0.2) is 0 Å². The number of hydrogen-bond donors (Lipinski definition) is 1. The Morgan fingerprint density at radius 1 is 1.35 bits per heavy atom. The van der Waals surface area contributed by atoms with Gasteiger partial charge in [0.15, 0.2) is 0 Å². The Hall–Kier alpha value is -1.61. The smallest absolute Gasteiger partial charge is 0.236 e. The fourth-order valence-electron chi connectivity index (χ4n) is 1.64. The molecule has 1 aromatic rings. The molecular weight excluding hydrogens is 212 g/mol. The van der Waals surface area contributed by atoms with Crippen molar-refractivity contribution in [3.8, 4) is 0 Å². The SMILES string of the molecule is C=CCN(Cc1ccc(CC)cc1)C(=O)CN. The molecule has 0 heterocycles. The lowest BCUT2D eigenvalue weighted by Gasteiger charge is -2.20. The van der Waals surface area contributed by atoms with Crippen molar-refractivity contribution in [2.45, 2.75) is 19.9 Å². The predicted molar refractivity (Wildman–Crippen MR) is 70.5 cm³/mol. The van der Waals surface area contributed by atoms with Gasteiger partial charge in [0.25, 0.3) is 0 Å². The number of amides is 1. The topological polar surface area (TPSA) is 46.3 Å². The Bertz CT molecular complexity index is 370. The van der Waals surface area contributed by atoms with Gasteiger partial charge in [-0.15, -0.1) is 6.58 Å². The molecule has 1 aromatic carbocycles. The van der Waals surface area contributed by atoms with E-state index in [9.17, 15) is 4.79 Å². The second kappa shape index (κ2) is 6.86. The molecule has 0 atom stereocenters. The molecule has 1 rings (SSSR count). The van der Waals surface area contributed by atoms with E-state index in [2.05, 4.69) is 37.8 Å².